The lowest BCUT2D eigenvalue weighted by Crippen LogP contribution is -2.64. The highest BCUT2D eigenvalue weighted by Gasteiger charge is 2.46. The summed E-state index contributed by atoms with van der Waals surface area (Å²) < 4.78 is 5.83. The third-order valence-corrected chi connectivity index (χ3v) is 7.51. The number of hydrogen-bond acceptors (Lipinski definition) is 6. The normalized spacial score (nSPS) is 14.5. The van der Waals surface area contributed by atoms with Crippen LogP contribution in [-0.4, -0.2) is 78.3 Å². The van der Waals surface area contributed by atoms with E-state index in [1.807, 2.05) is 30.3 Å². The van der Waals surface area contributed by atoms with Gasteiger partial charge in [-0.2, -0.15) is 0 Å². The third-order valence-electron chi connectivity index (χ3n) is 7.26. The summed E-state index contributed by atoms with van der Waals surface area (Å²) in [4.78, 5) is 47.5. The van der Waals surface area contributed by atoms with Crippen molar-refractivity contribution in [1.29, 1.82) is 0 Å². The van der Waals surface area contributed by atoms with Crippen LogP contribution in [0.15, 0.2) is 59.0 Å². The number of piperidine rings is 1. The van der Waals surface area contributed by atoms with E-state index in [-0.39, 0.29) is 30.7 Å². The summed E-state index contributed by atoms with van der Waals surface area (Å²) in [5.41, 5.74) is 0.895. The molecule has 1 fully saturated rings. The van der Waals surface area contributed by atoms with Crippen LogP contribution in [0.3, 0.4) is 0 Å². The Hall–Kier alpha value is -3.69. The second-order valence-corrected chi connectivity index (χ2v) is 10.2. The molecule has 0 spiro atoms. The number of benzene rings is 2. The predicted octanol–water partition coefficient (Wildman–Crippen LogP) is 3.31. The van der Waals surface area contributed by atoms with Gasteiger partial charge in [-0.05, 0) is 69.3 Å². The fourth-order valence-electron chi connectivity index (χ4n) is 4.83. The topological polar surface area (TPSA) is 108 Å². The van der Waals surface area contributed by atoms with Crippen molar-refractivity contribution in [2.24, 2.45) is 0 Å². The van der Waals surface area contributed by atoms with Gasteiger partial charge < -0.3 is 24.9 Å². The Balaban J connectivity index is 1.42. The average molecular weight is 552 g/mol. The number of likely N-dealkylation sites (N-methyl/N-ethyl adjacent to an activating group) is 2. The third kappa shape index (κ3) is 6.49. The smallest absolute Gasteiger partial charge is 0.251 e. The molecule has 9 nitrogen and oxygen atoms in total. The molecule has 0 atom stereocenters. The molecule has 0 aliphatic carbocycles. The molecule has 10 heteroatoms. The number of nitrogens with one attached hydrogen (secondary N) is 2. The van der Waals surface area contributed by atoms with E-state index >= 15 is 0 Å². The highest BCUT2D eigenvalue weighted by Crippen LogP contribution is 2.29. The fraction of sp³-hybridized carbons (Fsp3) is 0.379. The minimum Gasteiger partial charge on any atom is -0.441 e. The van der Waals surface area contributed by atoms with Crippen molar-refractivity contribution in [2.75, 3.05) is 40.3 Å². The molecule has 1 aromatic heterocycles. The fourth-order valence-corrected chi connectivity index (χ4v) is 4.95. The number of carbonyl (C=O) groups excluding carboxylic acids is 3. The van der Waals surface area contributed by atoms with E-state index in [4.69, 9.17) is 16.0 Å². The standard InChI is InChI=1S/C29H34ClN5O4/c1-20-24(33-27(39-20)22-7-5-4-6-8-22)19-25(36)35(3)29(13-15-31-16-14-29)28(38)34(2)18-17-32-26(37)21-9-11-23(30)12-10-21/h4-12,31H,13-19H2,1-3H3,(H,32,37). The quantitative estimate of drug-likeness (QED) is 0.422. The number of carbonyl (C=O) groups is 3. The minimum atomic E-state index is -0.989. The summed E-state index contributed by atoms with van der Waals surface area (Å²) in [6.07, 6.45) is 1.01. The molecule has 3 aromatic rings. The lowest BCUT2D eigenvalue weighted by atomic mass is 9.84. The molecule has 2 heterocycles. The average Bonchev–Trinajstić information content (AvgIpc) is 3.32. The molecular formula is C29H34ClN5O4. The van der Waals surface area contributed by atoms with E-state index in [9.17, 15) is 14.4 Å². The first kappa shape index (κ1) is 28.3. The largest absolute Gasteiger partial charge is 0.441 e. The van der Waals surface area contributed by atoms with Crippen molar-refractivity contribution < 1.29 is 18.8 Å². The van der Waals surface area contributed by atoms with Gasteiger partial charge in [0, 0.05) is 43.3 Å². The van der Waals surface area contributed by atoms with Gasteiger partial charge >= 0.3 is 0 Å². The van der Waals surface area contributed by atoms with Crippen molar-refractivity contribution in [2.45, 2.75) is 31.7 Å². The van der Waals surface area contributed by atoms with Gasteiger partial charge in [-0.15, -0.1) is 0 Å². The molecule has 3 amide bonds. The van der Waals surface area contributed by atoms with E-state index in [0.29, 0.717) is 60.4 Å². The molecule has 1 aliphatic heterocycles. The van der Waals surface area contributed by atoms with Crippen LogP contribution in [0, 0.1) is 6.92 Å². The van der Waals surface area contributed by atoms with Crippen LogP contribution in [0.25, 0.3) is 11.5 Å². The van der Waals surface area contributed by atoms with E-state index in [1.165, 1.54) is 0 Å². The van der Waals surface area contributed by atoms with Crippen molar-refractivity contribution in [3.05, 3.63) is 76.6 Å². The molecule has 0 saturated carbocycles. The number of halogens is 1. The Kier molecular flexibility index (Phi) is 9.04. The number of amides is 3. The highest BCUT2D eigenvalue weighted by atomic mass is 35.5. The maximum absolute atomic E-state index is 13.8. The van der Waals surface area contributed by atoms with Crippen LogP contribution in [0.1, 0.15) is 34.7 Å². The Morgan fingerprint density at radius 1 is 1.05 bits per heavy atom. The number of rotatable bonds is 9. The second-order valence-electron chi connectivity index (χ2n) is 9.79. The second kappa shape index (κ2) is 12.4. The first-order valence-electron chi connectivity index (χ1n) is 13.0. The zero-order valence-electron chi connectivity index (χ0n) is 22.5. The minimum absolute atomic E-state index is 0.0298. The lowest BCUT2D eigenvalue weighted by Gasteiger charge is -2.45. The van der Waals surface area contributed by atoms with Crippen LogP contribution in [0.2, 0.25) is 5.02 Å². The van der Waals surface area contributed by atoms with E-state index in [1.54, 1.807) is 55.1 Å². The summed E-state index contributed by atoms with van der Waals surface area (Å²) in [5.74, 6) is 0.448. The van der Waals surface area contributed by atoms with Gasteiger partial charge in [-0.3, -0.25) is 14.4 Å². The van der Waals surface area contributed by atoms with E-state index in [2.05, 4.69) is 15.6 Å². The molecule has 0 bridgehead atoms. The molecule has 0 unspecified atom stereocenters. The van der Waals surface area contributed by atoms with Gasteiger partial charge in [0.1, 0.15) is 11.3 Å². The van der Waals surface area contributed by atoms with Crippen LogP contribution < -0.4 is 10.6 Å². The maximum Gasteiger partial charge on any atom is 0.251 e. The van der Waals surface area contributed by atoms with Crippen molar-refractivity contribution >= 4 is 29.3 Å². The summed E-state index contributed by atoms with van der Waals surface area (Å²) in [7, 11) is 3.39. The molecule has 1 saturated heterocycles. The SMILES string of the molecule is Cc1oc(-c2ccccc2)nc1CC(=O)N(C)C1(C(=O)N(C)CCNC(=O)c2ccc(Cl)cc2)CCNCC1. The molecule has 39 heavy (non-hydrogen) atoms. The molecule has 0 radical (unpaired) electrons. The zero-order chi connectivity index (χ0) is 28.0. The van der Waals surface area contributed by atoms with Crippen molar-refractivity contribution in [3.63, 3.8) is 0 Å². The van der Waals surface area contributed by atoms with Gasteiger partial charge in [0.25, 0.3) is 5.91 Å². The van der Waals surface area contributed by atoms with E-state index < -0.39 is 5.54 Å². The molecular weight excluding hydrogens is 518 g/mol. The molecule has 2 N–H and O–H groups in total. The number of aromatic nitrogens is 1. The predicted molar refractivity (Wildman–Crippen MR) is 149 cm³/mol. The van der Waals surface area contributed by atoms with Crippen LogP contribution in [-0.2, 0) is 16.0 Å². The van der Waals surface area contributed by atoms with Gasteiger partial charge in [0.15, 0.2) is 0 Å². The van der Waals surface area contributed by atoms with Gasteiger partial charge in [0.2, 0.25) is 17.7 Å². The summed E-state index contributed by atoms with van der Waals surface area (Å²) in [6.45, 7) is 3.60. The summed E-state index contributed by atoms with van der Waals surface area (Å²) >= 11 is 5.89. The van der Waals surface area contributed by atoms with Crippen LogP contribution >= 0.6 is 11.6 Å². The maximum atomic E-state index is 13.8. The van der Waals surface area contributed by atoms with E-state index in [0.717, 1.165) is 5.56 Å². The van der Waals surface area contributed by atoms with Gasteiger partial charge in [-0.1, -0.05) is 29.8 Å². The molecule has 1 aliphatic rings. The molecule has 2 aromatic carbocycles. The Bertz CT molecular complexity index is 1300. The van der Waals surface area contributed by atoms with Gasteiger partial charge in [-0.25, -0.2) is 4.98 Å². The van der Waals surface area contributed by atoms with Gasteiger partial charge in [0.05, 0.1) is 12.1 Å². The highest BCUT2D eigenvalue weighted by molar-refractivity contribution is 6.30. The number of oxazole rings is 1. The van der Waals surface area contributed by atoms with Crippen LogP contribution in [0.5, 0.6) is 0 Å². The van der Waals surface area contributed by atoms with Crippen molar-refractivity contribution in [3.8, 4) is 11.5 Å². The number of aryl methyl sites for hydroxylation is 1. The molecule has 4 rings (SSSR count). The Morgan fingerprint density at radius 2 is 1.72 bits per heavy atom. The first-order valence-corrected chi connectivity index (χ1v) is 13.4. The number of nitrogens with zero attached hydrogens (tertiary/aromatic N) is 3. The lowest BCUT2D eigenvalue weighted by molar-refractivity contribution is -0.153. The number of hydrogen-bond donors (Lipinski definition) is 2. The summed E-state index contributed by atoms with van der Waals surface area (Å²) in [6, 6.07) is 16.1. The van der Waals surface area contributed by atoms with Crippen LogP contribution in [0.4, 0.5) is 0 Å². The zero-order valence-corrected chi connectivity index (χ0v) is 23.3. The summed E-state index contributed by atoms with van der Waals surface area (Å²) in [5, 5.41) is 6.68. The Labute approximate surface area is 233 Å². The van der Waals surface area contributed by atoms with Crippen molar-refractivity contribution in [1.82, 2.24) is 25.4 Å². The first-order chi connectivity index (χ1) is 18.7. The monoisotopic (exact) mass is 551 g/mol. The molecule has 206 valence electrons. The Morgan fingerprint density at radius 3 is 2.38 bits per heavy atom.